The Morgan fingerprint density at radius 3 is 2.32 bits per heavy atom. The van der Waals surface area contributed by atoms with Crippen LogP contribution in [-0.4, -0.2) is 17.5 Å². The summed E-state index contributed by atoms with van der Waals surface area (Å²) in [4.78, 5) is -0.362. The number of allylic oxidation sites excluding steroid dienone is 6. The Morgan fingerprint density at radius 1 is 1.20 bits per heavy atom. The summed E-state index contributed by atoms with van der Waals surface area (Å²) >= 11 is 7.28. The standard InChI is InChI=1S/C23H38ClN/c1-16(2)14-18(5)15-20(7)23(24,22-10-9-13-25-22)12-11-19(6)21(8)17(3)4/h11,14-15,17,21-22,25H,1,9-10,12-13H2,2-8H3/b18-14-,19-11-,20-15+/t21-,22-,23?/m0/s1. The lowest BCUT2D eigenvalue weighted by Gasteiger charge is -2.34. The van der Waals surface area contributed by atoms with Crippen LogP contribution < -0.4 is 5.32 Å². The molecule has 1 rings (SSSR count). The van der Waals surface area contributed by atoms with Gasteiger partial charge in [0.15, 0.2) is 0 Å². The highest BCUT2D eigenvalue weighted by atomic mass is 35.5. The molecule has 1 saturated heterocycles. The van der Waals surface area contributed by atoms with E-state index < -0.39 is 0 Å². The minimum absolute atomic E-state index is 0.335. The molecule has 0 aromatic carbocycles. The number of hydrogen-bond acceptors (Lipinski definition) is 1. The lowest BCUT2D eigenvalue weighted by atomic mass is 9.83. The molecule has 0 aromatic heterocycles. The van der Waals surface area contributed by atoms with Crippen molar-refractivity contribution >= 4 is 11.6 Å². The predicted octanol–water partition coefficient (Wildman–Crippen LogP) is 6.81. The molecule has 25 heavy (non-hydrogen) atoms. The number of halogens is 1. The summed E-state index contributed by atoms with van der Waals surface area (Å²) in [6, 6.07) is 0.335. The molecule has 0 spiro atoms. The third-order valence-corrected chi connectivity index (χ3v) is 6.34. The van der Waals surface area contributed by atoms with Crippen LogP contribution in [0.3, 0.4) is 0 Å². The molecule has 0 radical (unpaired) electrons. The lowest BCUT2D eigenvalue weighted by Crippen LogP contribution is -2.44. The van der Waals surface area contributed by atoms with Crippen molar-refractivity contribution < 1.29 is 0 Å². The van der Waals surface area contributed by atoms with Crippen LogP contribution in [0.5, 0.6) is 0 Å². The molecule has 142 valence electrons. The van der Waals surface area contributed by atoms with Crippen LogP contribution in [0, 0.1) is 11.8 Å². The molecule has 1 fully saturated rings. The number of alkyl halides is 1. The van der Waals surface area contributed by atoms with Gasteiger partial charge in [0.2, 0.25) is 0 Å². The highest BCUT2D eigenvalue weighted by Gasteiger charge is 2.39. The first-order valence-corrected chi connectivity index (χ1v) is 10.1. The summed E-state index contributed by atoms with van der Waals surface area (Å²) in [5.41, 5.74) is 4.97. The summed E-state index contributed by atoms with van der Waals surface area (Å²) in [5.74, 6) is 1.25. The number of rotatable bonds is 8. The third kappa shape index (κ3) is 6.46. The van der Waals surface area contributed by atoms with Gasteiger partial charge < -0.3 is 5.32 Å². The van der Waals surface area contributed by atoms with Crippen LogP contribution in [-0.2, 0) is 0 Å². The zero-order chi connectivity index (χ0) is 19.2. The van der Waals surface area contributed by atoms with E-state index in [0.717, 1.165) is 25.0 Å². The number of nitrogens with one attached hydrogen (secondary N) is 1. The zero-order valence-electron chi connectivity index (χ0n) is 17.4. The summed E-state index contributed by atoms with van der Waals surface area (Å²) in [5, 5.41) is 3.63. The molecule has 3 atom stereocenters. The average molecular weight is 364 g/mol. The van der Waals surface area contributed by atoms with Crippen molar-refractivity contribution in [3.05, 3.63) is 47.1 Å². The normalized spacial score (nSPS) is 23.7. The third-order valence-electron chi connectivity index (χ3n) is 5.63. The van der Waals surface area contributed by atoms with Gasteiger partial charge in [-0.15, -0.1) is 11.6 Å². The van der Waals surface area contributed by atoms with Gasteiger partial charge in [-0.25, -0.2) is 0 Å². The van der Waals surface area contributed by atoms with E-state index in [0.29, 0.717) is 17.9 Å². The molecule has 1 aliphatic heterocycles. The van der Waals surface area contributed by atoms with Gasteiger partial charge in [-0.3, -0.25) is 0 Å². The van der Waals surface area contributed by atoms with Gasteiger partial charge in [0.1, 0.15) is 0 Å². The SMILES string of the molecule is C=C(C)/C=C(C)\C=C(/C)C(Cl)(C/C=C(/C)[C@@H](C)C(C)C)[C@@H]1CCCN1. The Balaban J connectivity index is 3.12. The molecule has 1 aliphatic rings. The van der Waals surface area contributed by atoms with Crippen molar-refractivity contribution in [3.63, 3.8) is 0 Å². The Kier molecular flexibility index (Phi) is 8.71. The van der Waals surface area contributed by atoms with Crippen LogP contribution in [0.25, 0.3) is 0 Å². The summed E-state index contributed by atoms with van der Waals surface area (Å²) < 4.78 is 0. The molecule has 0 aromatic rings. The smallest absolute Gasteiger partial charge is 0.0842 e. The van der Waals surface area contributed by atoms with E-state index in [1.807, 2.05) is 6.92 Å². The summed E-state index contributed by atoms with van der Waals surface area (Å²) in [6.07, 6.45) is 9.94. The maximum absolute atomic E-state index is 7.28. The Hall–Kier alpha value is -0.790. The first-order chi connectivity index (χ1) is 11.6. The summed E-state index contributed by atoms with van der Waals surface area (Å²) in [6.45, 7) is 20.5. The minimum atomic E-state index is -0.362. The molecule has 0 saturated carbocycles. The van der Waals surface area contributed by atoms with Gasteiger partial charge in [-0.05, 0) is 65.3 Å². The Labute approximate surface area is 161 Å². The molecule has 1 unspecified atom stereocenters. The predicted molar refractivity (Wildman–Crippen MR) is 114 cm³/mol. The van der Waals surface area contributed by atoms with Crippen molar-refractivity contribution in [1.82, 2.24) is 5.32 Å². The van der Waals surface area contributed by atoms with Gasteiger partial charge >= 0.3 is 0 Å². The van der Waals surface area contributed by atoms with Crippen LogP contribution in [0.15, 0.2) is 47.1 Å². The highest BCUT2D eigenvalue weighted by molar-refractivity contribution is 6.26. The van der Waals surface area contributed by atoms with E-state index in [1.165, 1.54) is 23.1 Å². The largest absolute Gasteiger partial charge is 0.312 e. The van der Waals surface area contributed by atoms with Gasteiger partial charge in [0.25, 0.3) is 0 Å². The van der Waals surface area contributed by atoms with E-state index >= 15 is 0 Å². The lowest BCUT2D eigenvalue weighted by molar-refractivity contribution is 0.460. The highest BCUT2D eigenvalue weighted by Crippen LogP contribution is 2.38. The van der Waals surface area contributed by atoms with Crippen LogP contribution in [0.1, 0.15) is 67.7 Å². The van der Waals surface area contributed by atoms with E-state index in [9.17, 15) is 0 Å². The van der Waals surface area contributed by atoms with E-state index in [2.05, 4.69) is 71.7 Å². The number of hydrogen-bond donors (Lipinski definition) is 1. The van der Waals surface area contributed by atoms with E-state index in [-0.39, 0.29) is 4.87 Å². The molecular formula is C23H38ClN. The van der Waals surface area contributed by atoms with Crippen molar-refractivity contribution in [1.29, 1.82) is 0 Å². The quantitative estimate of drug-likeness (QED) is 0.283. The second-order valence-corrected chi connectivity index (χ2v) is 8.93. The van der Waals surface area contributed by atoms with Crippen molar-refractivity contribution in [3.8, 4) is 0 Å². The second kappa shape index (κ2) is 9.78. The van der Waals surface area contributed by atoms with Crippen LogP contribution in [0.4, 0.5) is 0 Å². The topological polar surface area (TPSA) is 12.0 Å². The molecule has 1 N–H and O–H groups in total. The fraction of sp³-hybridized carbons (Fsp3) is 0.652. The Bertz CT molecular complexity index is 546. The monoisotopic (exact) mass is 363 g/mol. The van der Waals surface area contributed by atoms with E-state index in [4.69, 9.17) is 11.6 Å². The maximum Gasteiger partial charge on any atom is 0.0842 e. The molecule has 1 heterocycles. The molecule has 1 nitrogen and oxygen atoms in total. The maximum atomic E-state index is 7.28. The second-order valence-electron chi connectivity index (χ2n) is 8.26. The van der Waals surface area contributed by atoms with Crippen LogP contribution in [0.2, 0.25) is 0 Å². The molecular weight excluding hydrogens is 326 g/mol. The fourth-order valence-electron chi connectivity index (χ4n) is 3.57. The first kappa shape index (κ1) is 22.3. The molecule has 0 bridgehead atoms. The van der Waals surface area contributed by atoms with Crippen LogP contribution >= 0.6 is 11.6 Å². The van der Waals surface area contributed by atoms with Gasteiger partial charge in [-0.2, -0.15) is 0 Å². The minimum Gasteiger partial charge on any atom is -0.312 e. The van der Waals surface area contributed by atoms with Crippen molar-refractivity contribution in [2.24, 2.45) is 11.8 Å². The van der Waals surface area contributed by atoms with Gasteiger partial charge in [0.05, 0.1) is 4.87 Å². The fourth-order valence-corrected chi connectivity index (χ4v) is 3.88. The Morgan fingerprint density at radius 2 is 1.84 bits per heavy atom. The molecule has 2 heteroatoms. The van der Waals surface area contributed by atoms with Crippen molar-refractivity contribution in [2.75, 3.05) is 6.54 Å². The summed E-state index contributed by atoms with van der Waals surface area (Å²) in [7, 11) is 0. The van der Waals surface area contributed by atoms with Crippen molar-refractivity contribution in [2.45, 2.75) is 78.6 Å². The average Bonchev–Trinajstić information content (AvgIpc) is 3.05. The van der Waals surface area contributed by atoms with Gasteiger partial charge in [0, 0.05) is 6.04 Å². The van der Waals surface area contributed by atoms with E-state index in [1.54, 1.807) is 0 Å². The zero-order valence-corrected chi connectivity index (χ0v) is 18.1. The molecule has 0 aliphatic carbocycles. The first-order valence-electron chi connectivity index (χ1n) is 9.69. The molecule has 0 amide bonds. The van der Waals surface area contributed by atoms with Gasteiger partial charge in [-0.1, -0.05) is 67.9 Å².